The maximum Gasteiger partial charge on any atom is 0.0921 e. The van der Waals surface area contributed by atoms with E-state index < -0.39 is 0 Å². The van der Waals surface area contributed by atoms with Gasteiger partial charge in [0.2, 0.25) is 0 Å². The Bertz CT molecular complexity index is 676. The van der Waals surface area contributed by atoms with Crippen molar-refractivity contribution in [1.82, 2.24) is 9.97 Å². The van der Waals surface area contributed by atoms with E-state index in [1.807, 2.05) is 42.6 Å². The zero-order chi connectivity index (χ0) is 17.2. The average Bonchev–Trinajstić information content (AvgIpc) is 3.17. The summed E-state index contributed by atoms with van der Waals surface area (Å²) in [6.45, 7) is 4.26. The Kier molecular flexibility index (Phi) is 7.09. The summed E-state index contributed by atoms with van der Waals surface area (Å²) in [5.74, 6) is 0.567. The summed E-state index contributed by atoms with van der Waals surface area (Å²) in [4.78, 5) is 6.91. The van der Waals surface area contributed by atoms with E-state index in [9.17, 15) is 0 Å². The summed E-state index contributed by atoms with van der Waals surface area (Å²) in [5.41, 5.74) is 4.81. The monoisotopic (exact) mass is 314 g/mol. The molecule has 0 saturated heterocycles. The second kappa shape index (κ2) is 9.56. The van der Waals surface area contributed by atoms with Crippen LogP contribution in [0.15, 0.2) is 79.3 Å². The van der Waals surface area contributed by atoms with Crippen molar-refractivity contribution in [1.29, 1.82) is 0 Å². The lowest BCUT2D eigenvalue weighted by atomic mass is 9.93. The number of nitrogens with zero attached hydrogens (tertiary/aromatic N) is 1. The summed E-state index contributed by atoms with van der Waals surface area (Å²) < 4.78 is 0. The van der Waals surface area contributed by atoms with Crippen molar-refractivity contribution in [3.8, 4) is 0 Å². The van der Waals surface area contributed by atoms with Gasteiger partial charge < -0.3 is 4.98 Å². The molecule has 0 atom stereocenters. The van der Waals surface area contributed by atoms with E-state index in [2.05, 4.69) is 54.2 Å². The Labute approximate surface area is 146 Å². The lowest BCUT2D eigenvalue weighted by Gasteiger charge is -2.07. The maximum atomic E-state index is 5.63. The van der Waals surface area contributed by atoms with Gasteiger partial charge in [-0.15, -0.1) is 0 Å². The third-order valence-corrected chi connectivity index (χ3v) is 3.63. The van der Waals surface area contributed by atoms with E-state index in [0.717, 1.165) is 0 Å². The van der Waals surface area contributed by atoms with Crippen LogP contribution in [0, 0.1) is 0 Å². The first-order chi connectivity index (χ1) is 11.7. The van der Waals surface area contributed by atoms with Gasteiger partial charge in [0.05, 0.1) is 14.2 Å². The molecule has 3 aromatic rings. The van der Waals surface area contributed by atoms with Crippen LogP contribution >= 0.6 is 0 Å². The molecule has 1 aromatic heterocycles. The summed E-state index contributed by atoms with van der Waals surface area (Å²) in [6, 6.07) is 20.6. The molecule has 0 aliphatic heterocycles. The number of hydrogen-bond acceptors (Lipinski definition) is 1. The minimum Gasteiger partial charge on any atom is -0.348 e. The van der Waals surface area contributed by atoms with Gasteiger partial charge in [0.1, 0.15) is 0 Å². The summed E-state index contributed by atoms with van der Waals surface area (Å²) in [6.07, 6.45) is 6.17. The Hall–Kier alpha value is -2.55. The quantitative estimate of drug-likeness (QED) is 0.656. The normalized spacial score (nSPS) is 9.96. The van der Waals surface area contributed by atoms with Crippen molar-refractivity contribution in [2.75, 3.05) is 0 Å². The predicted octanol–water partition coefficient (Wildman–Crippen LogP) is 5.24. The molecule has 2 aromatic carbocycles. The SMILES string of the molecule is CC(C)c1cnc[nH]1.[B]CC=C(c1ccccc1)c1ccccc1. The molecular formula is C21H23BN2. The second-order valence-electron chi connectivity index (χ2n) is 5.75. The molecule has 0 fully saturated rings. The fourth-order valence-electron chi connectivity index (χ4n) is 2.34. The van der Waals surface area contributed by atoms with Crippen molar-refractivity contribution in [3.63, 3.8) is 0 Å². The van der Waals surface area contributed by atoms with Crippen molar-refractivity contribution >= 4 is 13.4 Å². The Morgan fingerprint density at radius 3 is 1.88 bits per heavy atom. The zero-order valence-electron chi connectivity index (χ0n) is 14.3. The van der Waals surface area contributed by atoms with Gasteiger partial charge in [-0.1, -0.05) is 86.9 Å². The number of benzene rings is 2. The molecule has 0 aliphatic rings. The lowest BCUT2D eigenvalue weighted by molar-refractivity contribution is 0.832. The largest absolute Gasteiger partial charge is 0.348 e. The van der Waals surface area contributed by atoms with Crippen molar-refractivity contribution in [3.05, 3.63) is 96.1 Å². The molecule has 0 saturated carbocycles. The lowest BCUT2D eigenvalue weighted by Crippen LogP contribution is -1.87. The van der Waals surface area contributed by atoms with E-state index in [-0.39, 0.29) is 0 Å². The van der Waals surface area contributed by atoms with Crippen LogP contribution in [0.3, 0.4) is 0 Å². The Morgan fingerprint density at radius 1 is 1.00 bits per heavy atom. The Balaban J connectivity index is 0.000000219. The van der Waals surface area contributed by atoms with E-state index in [1.165, 1.54) is 22.4 Å². The number of H-pyrrole nitrogens is 1. The minimum atomic E-state index is 0.555. The first kappa shape index (κ1) is 17.8. The van der Waals surface area contributed by atoms with Gasteiger partial charge in [-0.25, -0.2) is 4.98 Å². The van der Waals surface area contributed by atoms with Crippen LogP contribution in [0.25, 0.3) is 5.57 Å². The van der Waals surface area contributed by atoms with Gasteiger partial charge in [-0.3, -0.25) is 0 Å². The zero-order valence-corrected chi connectivity index (χ0v) is 14.3. The standard InChI is InChI=1S/C15H13B.C6H10N2/c16-12-11-15(13-7-3-1-4-8-13)14-9-5-2-6-10-14;1-5(2)6-3-7-4-8-6/h1-11H,12H2;3-5H,1-2H3,(H,7,8). The fraction of sp³-hybridized carbons (Fsp3) is 0.190. The van der Waals surface area contributed by atoms with Gasteiger partial charge in [0, 0.05) is 11.9 Å². The molecule has 1 heterocycles. The van der Waals surface area contributed by atoms with Crippen molar-refractivity contribution < 1.29 is 0 Å². The highest BCUT2D eigenvalue weighted by Crippen LogP contribution is 2.23. The van der Waals surface area contributed by atoms with Gasteiger partial charge >= 0.3 is 0 Å². The number of allylic oxidation sites excluding steroid dienone is 1. The van der Waals surface area contributed by atoms with Gasteiger partial charge in [-0.2, -0.15) is 0 Å². The summed E-state index contributed by atoms with van der Waals surface area (Å²) in [7, 11) is 5.63. The van der Waals surface area contributed by atoms with Gasteiger partial charge in [0.15, 0.2) is 0 Å². The molecule has 2 nitrogen and oxygen atoms in total. The highest BCUT2D eigenvalue weighted by Gasteiger charge is 2.02. The molecule has 0 spiro atoms. The molecule has 0 unspecified atom stereocenters. The highest BCUT2D eigenvalue weighted by molar-refractivity contribution is 6.10. The van der Waals surface area contributed by atoms with Crippen molar-refractivity contribution in [2.24, 2.45) is 0 Å². The summed E-state index contributed by atoms with van der Waals surface area (Å²) >= 11 is 0. The number of rotatable bonds is 4. The van der Waals surface area contributed by atoms with Crippen LogP contribution in [0.4, 0.5) is 0 Å². The third kappa shape index (κ3) is 5.27. The molecule has 120 valence electrons. The van der Waals surface area contributed by atoms with Crippen LogP contribution in [0.1, 0.15) is 36.6 Å². The van der Waals surface area contributed by atoms with E-state index >= 15 is 0 Å². The smallest absolute Gasteiger partial charge is 0.0921 e. The molecular weight excluding hydrogens is 291 g/mol. The fourth-order valence-corrected chi connectivity index (χ4v) is 2.34. The van der Waals surface area contributed by atoms with Crippen LogP contribution in [0.5, 0.6) is 0 Å². The first-order valence-electron chi connectivity index (χ1n) is 8.21. The number of hydrogen-bond donors (Lipinski definition) is 1. The third-order valence-electron chi connectivity index (χ3n) is 3.63. The first-order valence-corrected chi connectivity index (χ1v) is 8.21. The number of nitrogens with one attached hydrogen (secondary N) is 1. The Morgan fingerprint density at radius 2 is 1.54 bits per heavy atom. The molecule has 0 amide bonds. The van der Waals surface area contributed by atoms with E-state index in [1.54, 1.807) is 6.33 Å². The molecule has 1 N–H and O–H groups in total. The number of aromatic nitrogens is 2. The predicted molar refractivity (Wildman–Crippen MR) is 103 cm³/mol. The average molecular weight is 314 g/mol. The van der Waals surface area contributed by atoms with Crippen LogP contribution < -0.4 is 0 Å². The van der Waals surface area contributed by atoms with Crippen LogP contribution in [-0.4, -0.2) is 17.8 Å². The van der Waals surface area contributed by atoms with Crippen molar-refractivity contribution in [2.45, 2.75) is 26.1 Å². The van der Waals surface area contributed by atoms with Gasteiger partial charge in [0.25, 0.3) is 0 Å². The van der Waals surface area contributed by atoms with Crippen LogP contribution in [0.2, 0.25) is 6.32 Å². The molecule has 0 bridgehead atoms. The highest BCUT2D eigenvalue weighted by atomic mass is 14.9. The number of imidazole rings is 1. The molecule has 3 heteroatoms. The van der Waals surface area contributed by atoms with Gasteiger partial charge in [-0.05, 0) is 22.6 Å². The minimum absolute atomic E-state index is 0.555. The molecule has 3 rings (SSSR count). The topological polar surface area (TPSA) is 28.7 Å². The van der Waals surface area contributed by atoms with E-state index in [0.29, 0.717) is 12.2 Å². The molecule has 2 radical (unpaired) electrons. The van der Waals surface area contributed by atoms with E-state index in [4.69, 9.17) is 7.85 Å². The van der Waals surface area contributed by atoms with Crippen LogP contribution in [-0.2, 0) is 0 Å². The molecule has 0 aliphatic carbocycles. The molecule has 24 heavy (non-hydrogen) atoms. The maximum absolute atomic E-state index is 5.63. The second-order valence-corrected chi connectivity index (χ2v) is 5.75. The summed E-state index contributed by atoms with van der Waals surface area (Å²) in [5, 5.41) is 0. The number of aromatic amines is 1.